The second kappa shape index (κ2) is 8.53. The van der Waals surface area contributed by atoms with Crippen molar-refractivity contribution in [1.82, 2.24) is 4.31 Å². The molecule has 0 atom stereocenters. The highest BCUT2D eigenvalue weighted by molar-refractivity contribution is 7.89. The van der Waals surface area contributed by atoms with Gasteiger partial charge in [-0.3, -0.25) is 4.79 Å². The summed E-state index contributed by atoms with van der Waals surface area (Å²) in [4.78, 5) is 12.5. The Bertz CT molecular complexity index is 896. The first-order chi connectivity index (χ1) is 12.3. The molecule has 0 aromatic heterocycles. The summed E-state index contributed by atoms with van der Waals surface area (Å²) in [6.07, 6.45) is 0. The van der Waals surface area contributed by atoms with Crippen LogP contribution in [0.3, 0.4) is 0 Å². The van der Waals surface area contributed by atoms with E-state index in [-0.39, 0.29) is 16.2 Å². The zero-order chi connectivity index (χ0) is 19.3. The van der Waals surface area contributed by atoms with E-state index < -0.39 is 15.9 Å². The Morgan fingerprint density at radius 2 is 1.85 bits per heavy atom. The van der Waals surface area contributed by atoms with Gasteiger partial charge in [0, 0.05) is 29.4 Å². The molecule has 0 spiro atoms. The molecule has 0 saturated heterocycles. The van der Waals surface area contributed by atoms with Crippen molar-refractivity contribution in [2.45, 2.75) is 18.7 Å². The lowest BCUT2D eigenvalue weighted by molar-refractivity contribution is 0.102. The Kier molecular flexibility index (Phi) is 6.63. The number of rotatable bonds is 7. The van der Waals surface area contributed by atoms with Gasteiger partial charge in [-0.05, 0) is 36.4 Å². The van der Waals surface area contributed by atoms with Crippen LogP contribution in [0.1, 0.15) is 24.2 Å². The van der Waals surface area contributed by atoms with Crippen molar-refractivity contribution in [2.24, 2.45) is 0 Å². The van der Waals surface area contributed by atoms with Gasteiger partial charge in [0.05, 0.1) is 7.11 Å². The molecule has 0 saturated carbocycles. The van der Waals surface area contributed by atoms with E-state index in [1.54, 1.807) is 38.1 Å². The number of nitrogens with one attached hydrogen (secondary N) is 1. The molecule has 26 heavy (non-hydrogen) atoms. The zero-order valence-corrected chi connectivity index (χ0v) is 16.4. The molecule has 0 heterocycles. The number of carbonyl (C=O) groups is 1. The van der Waals surface area contributed by atoms with Gasteiger partial charge < -0.3 is 10.1 Å². The molecule has 2 rings (SSSR count). The van der Waals surface area contributed by atoms with E-state index >= 15 is 0 Å². The second-order valence-electron chi connectivity index (χ2n) is 5.42. The van der Waals surface area contributed by atoms with E-state index in [1.165, 1.54) is 29.6 Å². The van der Waals surface area contributed by atoms with E-state index in [1.807, 2.05) is 0 Å². The molecule has 0 aliphatic carbocycles. The van der Waals surface area contributed by atoms with Crippen LogP contribution >= 0.6 is 11.6 Å². The number of benzene rings is 2. The number of hydrogen-bond donors (Lipinski definition) is 1. The summed E-state index contributed by atoms with van der Waals surface area (Å²) in [5.41, 5.74) is 0.725. The van der Waals surface area contributed by atoms with Crippen LogP contribution in [0.2, 0.25) is 5.02 Å². The van der Waals surface area contributed by atoms with Crippen molar-refractivity contribution in [3.8, 4) is 5.75 Å². The summed E-state index contributed by atoms with van der Waals surface area (Å²) < 4.78 is 32.2. The summed E-state index contributed by atoms with van der Waals surface area (Å²) in [7, 11) is -2.38. The van der Waals surface area contributed by atoms with Crippen LogP contribution in [0.15, 0.2) is 47.4 Å². The third kappa shape index (κ3) is 4.35. The van der Waals surface area contributed by atoms with Crippen molar-refractivity contribution in [3.05, 3.63) is 53.1 Å². The minimum absolute atomic E-state index is 0.0394. The average Bonchev–Trinajstić information content (AvgIpc) is 2.62. The normalized spacial score (nSPS) is 11.4. The summed E-state index contributed by atoms with van der Waals surface area (Å²) in [5, 5.41) is 3.19. The fourth-order valence-electron chi connectivity index (χ4n) is 2.49. The standard InChI is InChI=1S/C18H21ClN2O4S/c1-4-21(5-2)26(23,24)17-11-13(9-10-16(17)25-3)18(22)20-15-8-6-7-14(19)12-15/h6-12H,4-5H2,1-3H3,(H,20,22). The maximum absolute atomic E-state index is 12.8. The van der Waals surface area contributed by atoms with Gasteiger partial charge in [0.15, 0.2) is 0 Å². The van der Waals surface area contributed by atoms with Gasteiger partial charge >= 0.3 is 0 Å². The van der Waals surface area contributed by atoms with Crippen molar-refractivity contribution < 1.29 is 17.9 Å². The summed E-state index contributed by atoms with van der Waals surface area (Å²) in [6, 6.07) is 11.0. The number of ether oxygens (including phenoxy) is 1. The first kappa shape index (κ1) is 20.2. The summed E-state index contributed by atoms with van der Waals surface area (Å²) in [6.45, 7) is 4.15. The molecule has 0 radical (unpaired) electrons. The van der Waals surface area contributed by atoms with Crippen LogP contribution in [0, 0.1) is 0 Å². The van der Waals surface area contributed by atoms with Crippen molar-refractivity contribution in [2.75, 3.05) is 25.5 Å². The van der Waals surface area contributed by atoms with Gasteiger partial charge in [0.1, 0.15) is 10.6 Å². The third-order valence-corrected chi connectivity index (χ3v) is 6.14. The fraction of sp³-hybridized carbons (Fsp3) is 0.278. The highest BCUT2D eigenvalue weighted by Gasteiger charge is 2.26. The van der Waals surface area contributed by atoms with Gasteiger partial charge in [-0.2, -0.15) is 4.31 Å². The first-order valence-corrected chi connectivity index (χ1v) is 9.90. The molecular formula is C18H21ClN2O4S. The number of amides is 1. The number of anilines is 1. The molecule has 0 bridgehead atoms. The van der Waals surface area contributed by atoms with Crippen LogP contribution in [-0.2, 0) is 10.0 Å². The Hall–Kier alpha value is -2.09. The molecule has 0 aliphatic rings. The number of nitrogens with zero attached hydrogens (tertiary/aromatic N) is 1. The maximum atomic E-state index is 12.8. The molecule has 1 N–H and O–H groups in total. The van der Waals surface area contributed by atoms with E-state index in [0.29, 0.717) is 23.8 Å². The van der Waals surface area contributed by atoms with Crippen LogP contribution < -0.4 is 10.1 Å². The minimum Gasteiger partial charge on any atom is -0.495 e. The Morgan fingerprint density at radius 1 is 1.15 bits per heavy atom. The monoisotopic (exact) mass is 396 g/mol. The fourth-order valence-corrected chi connectivity index (χ4v) is 4.32. The van der Waals surface area contributed by atoms with Gasteiger partial charge in [0.25, 0.3) is 5.91 Å². The molecule has 0 fully saturated rings. The lowest BCUT2D eigenvalue weighted by Gasteiger charge is -2.20. The Balaban J connectivity index is 2.41. The molecule has 0 aliphatic heterocycles. The molecule has 8 heteroatoms. The first-order valence-electron chi connectivity index (χ1n) is 8.08. The van der Waals surface area contributed by atoms with Crippen molar-refractivity contribution in [3.63, 3.8) is 0 Å². The highest BCUT2D eigenvalue weighted by Crippen LogP contribution is 2.28. The zero-order valence-electron chi connectivity index (χ0n) is 14.8. The van der Waals surface area contributed by atoms with E-state index in [2.05, 4.69) is 5.32 Å². The van der Waals surface area contributed by atoms with Crippen molar-refractivity contribution in [1.29, 1.82) is 0 Å². The average molecular weight is 397 g/mol. The van der Waals surface area contributed by atoms with E-state index in [4.69, 9.17) is 16.3 Å². The lowest BCUT2D eigenvalue weighted by atomic mass is 10.2. The topological polar surface area (TPSA) is 75.7 Å². The SMILES string of the molecule is CCN(CC)S(=O)(=O)c1cc(C(=O)Nc2cccc(Cl)c2)ccc1OC. The van der Waals surface area contributed by atoms with Gasteiger partial charge in [-0.25, -0.2) is 8.42 Å². The molecule has 1 amide bonds. The minimum atomic E-state index is -3.77. The van der Waals surface area contributed by atoms with Crippen LogP contribution in [0.4, 0.5) is 5.69 Å². The lowest BCUT2D eigenvalue weighted by Crippen LogP contribution is -2.31. The molecular weight excluding hydrogens is 376 g/mol. The Morgan fingerprint density at radius 3 is 2.42 bits per heavy atom. The molecule has 2 aromatic carbocycles. The molecule has 6 nitrogen and oxygen atoms in total. The third-order valence-electron chi connectivity index (χ3n) is 3.83. The smallest absolute Gasteiger partial charge is 0.255 e. The molecule has 140 valence electrons. The number of hydrogen-bond acceptors (Lipinski definition) is 4. The quantitative estimate of drug-likeness (QED) is 0.775. The molecule has 2 aromatic rings. The van der Waals surface area contributed by atoms with Crippen LogP contribution in [0.5, 0.6) is 5.75 Å². The maximum Gasteiger partial charge on any atom is 0.255 e. The van der Waals surface area contributed by atoms with Gasteiger partial charge in [0.2, 0.25) is 10.0 Å². The van der Waals surface area contributed by atoms with Gasteiger partial charge in [-0.1, -0.05) is 31.5 Å². The predicted molar refractivity (Wildman–Crippen MR) is 103 cm³/mol. The number of halogens is 1. The van der Waals surface area contributed by atoms with E-state index in [0.717, 1.165) is 0 Å². The highest BCUT2D eigenvalue weighted by atomic mass is 35.5. The van der Waals surface area contributed by atoms with Crippen molar-refractivity contribution >= 4 is 33.2 Å². The van der Waals surface area contributed by atoms with Gasteiger partial charge in [-0.15, -0.1) is 0 Å². The largest absolute Gasteiger partial charge is 0.495 e. The second-order valence-corrected chi connectivity index (χ2v) is 7.76. The summed E-state index contributed by atoms with van der Waals surface area (Å²) >= 11 is 5.91. The van der Waals surface area contributed by atoms with Crippen LogP contribution in [0.25, 0.3) is 0 Å². The number of methoxy groups -OCH3 is 1. The number of sulfonamides is 1. The number of carbonyl (C=O) groups excluding carboxylic acids is 1. The van der Waals surface area contributed by atoms with Crippen LogP contribution in [-0.4, -0.2) is 38.8 Å². The Labute approximate surface area is 158 Å². The predicted octanol–water partition coefficient (Wildman–Crippen LogP) is 3.63. The van der Waals surface area contributed by atoms with E-state index in [9.17, 15) is 13.2 Å². The summed E-state index contributed by atoms with van der Waals surface area (Å²) in [5.74, 6) is -0.248. The molecule has 0 unspecified atom stereocenters.